The Morgan fingerprint density at radius 2 is 1.73 bits per heavy atom. The zero-order valence-corrected chi connectivity index (χ0v) is 18.7. The molecule has 0 saturated carbocycles. The van der Waals surface area contributed by atoms with E-state index in [1.54, 1.807) is 35.2 Å². The highest BCUT2D eigenvalue weighted by Gasteiger charge is 2.44. The fourth-order valence-electron chi connectivity index (χ4n) is 4.32. The van der Waals surface area contributed by atoms with Gasteiger partial charge in [-0.05, 0) is 55.2 Å². The number of nitrogens with zero attached hydrogens (tertiary/aromatic N) is 1. The number of carbonyl (C=O) groups is 3. The lowest BCUT2D eigenvalue weighted by atomic mass is 9.72. The first-order valence-electron chi connectivity index (χ1n) is 10.8. The number of amides is 2. The quantitative estimate of drug-likeness (QED) is 0.594. The Labute approximate surface area is 192 Å². The van der Waals surface area contributed by atoms with E-state index in [1.165, 1.54) is 13.4 Å². The predicted octanol–water partition coefficient (Wildman–Crippen LogP) is 4.19. The van der Waals surface area contributed by atoms with Crippen LogP contribution in [0.15, 0.2) is 71.3 Å². The van der Waals surface area contributed by atoms with Crippen molar-refractivity contribution in [1.29, 1.82) is 0 Å². The summed E-state index contributed by atoms with van der Waals surface area (Å²) in [6, 6.07) is 18.0. The summed E-state index contributed by atoms with van der Waals surface area (Å²) in [5, 5.41) is 2.80. The number of furan rings is 1. The molecular formula is C26H26N2O5. The van der Waals surface area contributed by atoms with Crippen LogP contribution in [0.25, 0.3) is 0 Å². The van der Waals surface area contributed by atoms with Crippen LogP contribution in [0.3, 0.4) is 0 Å². The summed E-state index contributed by atoms with van der Waals surface area (Å²) in [5.74, 6) is -0.604. The predicted molar refractivity (Wildman–Crippen MR) is 123 cm³/mol. The maximum absolute atomic E-state index is 13.2. The van der Waals surface area contributed by atoms with Crippen LogP contribution in [-0.4, -0.2) is 42.9 Å². The minimum atomic E-state index is -0.762. The van der Waals surface area contributed by atoms with E-state index in [1.807, 2.05) is 37.3 Å². The number of benzene rings is 2. The van der Waals surface area contributed by atoms with Crippen molar-refractivity contribution in [1.82, 2.24) is 4.90 Å². The number of hydrogen-bond acceptors (Lipinski definition) is 5. The van der Waals surface area contributed by atoms with E-state index in [2.05, 4.69) is 5.32 Å². The normalized spacial score (nSPS) is 15.0. The number of carbonyl (C=O) groups excluding carboxylic acids is 3. The van der Waals surface area contributed by atoms with Crippen molar-refractivity contribution in [3.8, 4) is 0 Å². The lowest BCUT2D eigenvalue weighted by Crippen LogP contribution is -2.49. The SMILES string of the molecule is COC(=O)C1(c2ccccc2)CCN(C(=O)c2ccc(C)c(NC(=O)c3ccco3)c2)CC1. The number of anilines is 1. The van der Waals surface area contributed by atoms with Gasteiger partial charge in [0, 0.05) is 24.3 Å². The summed E-state index contributed by atoms with van der Waals surface area (Å²) in [7, 11) is 1.40. The maximum Gasteiger partial charge on any atom is 0.316 e. The highest BCUT2D eigenvalue weighted by atomic mass is 16.5. The Balaban J connectivity index is 1.50. The van der Waals surface area contributed by atoms with Crippen molar-refractivity contribution in [3.05, 3.63) is 89.4 Å². The van der Waals surface area contributed by atoms with Gasteiger partial charge in [0.05, 0.1) is 18.8 Å². The topological polar surface area (TPSA) is 88.9 Å². The molecule has 4 rings (SSSR count). The molecule has 33 heavy (non-hydrogen) atoms. The molecule has 0 atom stereocenters. The Bertz CT molecular complexity index is 1150. The number of nitrogens with one attached hydrogen (secondary N) is 1. The van der Waals surface area contributed by atoms with Crippen molar-refractivity contribution >= 4 is 23.5 Å². The van der Waals surface area contributed by atoms with Gasteiger partial charge in [-0.2, -0.15) is 0 Å². The second-order valence-electron chi connectivity index (χ2n) is 8.19. The van der Waals surface area contributed by atoms with E-state index in [-0.39, 0.29) is 23.5 Å². The molecule has 1 aliphatic rings. The standard InChI is InChI=1S/C26H26N2O5/c1-18-10-11-19(17-21(18)27-23(29)22-9-6-16-33-22)24(30)28-14-12-26(13-15-28,25(31)32-2)20-7-4-3-5-8-20/h3-11,16-17H,12-15H2,1-2H3,(H,27,29). The minimum Gasteiger partial charge on any atom is -0.468 e. The van der Waals surface area contributed by atoms with Crippen molar-refractivity contribution in [2.75, 3.05) is 25.5 Å². The molecule has 1 fully saturated rings. The summed E-state index contributed by atoms with van der Waals surface area (Å²) in [5.41, 5.74) is 2.00. The minimum absolute atomic E-state index is 0.143. The molecule has 2 amide bonds. The molecule has 7 heteroatoms. The average molecular weight is 447 g/mol. The average Bonchev–Trinajstić information content (AvgIpc) is 3.40. The molecule has 2 heterocycles. The molecule has 0 unspecified atom stereocenters. The second kappa shape index (κ2) is 9.32. The monoisotopic (exact) mass is 446 g/mol. The van der Waals surface area contributed by atoms with E-state index >= 15 is 0 Å². The molecule has 1 aliphatic heterocycles. The van der Waals surface area contributed by atoms with E-state index < -0.39 is 5.41 Å². The van der Waals surface area contributed by atoms with Crippen LogP contribution < -0.4 is 5.32 Å². The molecule has 1 saturated heterocycles. The molecule has 1 N–H and O–H groups in total. The van der Waals surface area contributed by atoms with Gasteiger partial charge in [0.1, 0.15) is 0 Å². The third-order valence-corrected chi connectivity index (χ3v) is 6.28. The van der Waals surface area contributed by atoms with E-state index in [0.717, 1.165) is 11.1 Å². The van der Waals surface area contributed by atoms with Crippen molar-refractivity contribution in [2.24, 2.45) is 0 Å². The van der Waals surface area contributed by atoms with Gasteiger partial charge in [-0.15, -0.1) is 0 Å². The summed E-state index contributed by atoms with van der Waals surface area (Å²) in [6.45, 7) is 2.70. The smallest absolute Gasteiger partial charge is 0.316 e. The Morgan fingerprint density at radius 1 is 1.00 bits per heavy atom. The van der Waals surface area contributed by atoms with Crippen LogP contribution in [-0.2, 0) is 14.9 Å². The van der Waals surface area contributed by atoms with Crippen molar-refractivity contribution in [3.63, 3.8) is 0 Å². The van der Waals surface area contributed by atoms with Crippen molar-refractivity contribution in [2.45, 2.75) is 25.2 Å². The maximum atomic E-state index is 13.2. The van der Waals surface area contributed by atoms with E-state index in [4.69, 9.17) is 9.15 Å². The molecule has 0 spiro atoms. The fourth-order valence-corrected chi connectivity index (χ4v) is 4.32. The molecule has 170 valence electrons. The van der Waals surface area contributed by atoms with Gasteiger partial charge >= 0.3 is 5.97 Å². The van der Waals surface area contributed by atoms with Crippen LogP contribution in [0.1, 0.15) is 44.9 Å². The first-order valence-corrected chi connectivity index (χ1v) is 10.8. The van der Waals surface area contributed by atoms with E-state index in [9.17, 15) is 14.4 Å². The van der Waals surface area contributed by atoms with Crippen molar-refractivity contribution < 1.29 is 23.5 Å². The number of rotatable bonds is 5. The molecule has 7 nitrogen and oxygen atoms in total. The molecule has 1 aromatic heterocycles. The number of hydrogen-bond donors (Lipinski definition) is 1. The number of piperidine rings is 1. The van der Waals surface area contributed by atoms with E-state index in [0.29, 0.717) is 37.2 Å². The zero-order valence-electron chi connectivity index (χ0n) is 18.7. The lowest BCUT2D eigenvalue weighted by molar-refractivity contribution is -0.149. The molecule has 0 radical (unpaired) electrons. The van der Waals surface area contributed by atoms with Gasteiger partial charge in [-0.3, -0.25) is 14.4 Å². The zero-order chi connectivity index (χ0) is 23.4. The van der Waals surface area contributed by atoms with Crippen LogP contribution in [0, 0.1) is 6.92 Å². The molecule has 3 aromatic rings. The Hall–Kier alpha value is -3.87. The number of methoxy groups -OCH3 is 1. The van der Waals surface area contributed by atoms with Gasteiger partial charge < -0.3 is 19.4 Å². The first kappa shape index (κ1) is 22.3. The van der Waals surface area contributed by atoms with Gasteiger partial charge in [0.2, 0.25) is 0 Å². The van der Waals surface area contributed by atoms with Crippen LogP contribution in [0.5, 0.6) is 0 Å². The third kappa shape index (κ3) is 4.39. The Morgan fingerprint density at radius 3 is 2.36 bits per heavy atom. The first-order chi connectivity index (χ1) is 15.9. The molecule has 0 aliphatic carbocycles. The Kier molecular flexibility index (Phi) is 6.31. The molecule has 2 aromatic carbocycles. The van der Waals surface area contributed by atoms with Gasteiger partial charge in [-0.25, -0.2) is 0 Å². The highest BCUT2D eigenvalue weighted by molar-refractivity contribution is 6.04. The fraction of sp³-hybridized carbons (Fsp3) is 0.269. The van der Waals surface area contributed by atoms with Gasteiger partial charge in [0.15, 0.2) is 5.76 Å². The molecular weight excluding hydrogens is 420 g/mol. The largest absolute Gasteiger partial charge is 0.468 e. The van der Waals surface area contributed by atoms with Gasteiger partial charge in [-0.1, -0.05) is 36.4 Å². The third-order valence-electron chi connectivity index (χ3n) is 6.28. The number of likely N-dealkylation sites (tertiary alicyclic amines) is 1. The second-order valence-corrected chi connectivity index (χ2v) is 8.19. The highest BCUT2D eigenvalue weighted by Crippen LogP contribution is 2.37. The van der Waals surface area contributed by atoms with Crippen LogP contribution in [0.4, 0.5) is 5.69 Å². The number of aryl methyl sites for hydroxylation is 1. The summed E-state index contributed by atoms with van der Waals surface area (Å²) in [6.07, 6.45) is 2.38. The molecule has 0 bridgehead atoms. The van der Waals surface area contributed by atoms with Crippen LogP contribution in [0.2, 0.25) is 0 Å². The summed E-state index contributed by atoms with van der Waals surface area (Å²) >= 11 is 0. The summed E-state index contributed by atoms with van der Waals surface area (Å²) in [4.78, 5) is 40.1. The number of ether oxygens (including phenoxy) is 1. The summed E-state index contributed by atoms with van der Waals surface area (Å²) < 4.78 is 10.3. The number of esters is 1. The van der Waals surface area contributed by atoms with Gasteiger partial charge in [0.25, 0.3) is 11.8 Å². The van der Waals surface area contributed by atoms with Crippen LogP contribution >= 0.6 is 0 Å². The lowest BCUT2D eigenvalue weighted by Gasteiger charge is -2.40.